The van der Waals surface area contributed by atoms with Crippen molar-refractivity contribution in [2.24, 2.45) is 5.92 Å². The number of amides is 2. The van der Waals surface area contributed by atoms with Crippen LogP contribution in [0.4, 0.5) is 0 Å². The molecule has 0 fully saturated rings. The molecule has 1 atom stereocenters. The monoisotopic (exact) mass is 296 g/mol. The van der Waals surface area contributed by atoms with Crippen LogP contribution < -0.4 is 10.6 Å². The lowest BCUT2D eigenvalue weighted by Crippen LogP contribution is -2.52. The Hall–Kier alpha value is -1.61. The van der Waals surface area contributed by atoms with Gasteiger partial charge in [-0.1, -0.05) is 13.8 Å². The largest absolute Gasteiger partial charge is 0.350 e. The summed E-state index contributed by atoms with van der Waals surface area (Å²) in [5, 5.41) is 14.7. The van der Waals surface area contributed by atoms with Crippen molar-refractivity contribution in [1.29, 1.82) is 5.26 Å². The van der Waals surface area contributed by atoms with E-state index in [1.807, 2.05) is 34.6 Å². The summed E-state index contributed by atoms with van der Waals surface area (Å²) in [4.78, 5) is 25.3. The van der Waals surface area contributed by atoms with E-state index in [-0.39, 0.29) is 36.4 Å². The van der Waals surface area contributed by atoms with Crippen LogP contribution in [-0.2, 0) is 9.59 Å². The molecule has 0 saturated carbocycles. The normalized spacial score (nSPS) is 14.5. The zero-order chi connectivity index (χ0) is 16.8. The number of likely N-dealkylation sites (N-methyl/N-ethyl adjacent to an activating group) is 1. The molecule has 0 radical (unpaired) electrons. The van der Waals surface area contributed by atoms with Gasteiger partial charge in [0.1, 0.15) is 5.54 Å². The number of hydrogen-bond donors (Lipinski definition) is 2. The van der Waals surface area contributed by atoms with Gasteiger partial charge in [-0.05, 0) is 40.7 Å². The van der Waals surface area contributed by atoms with Crippen molar-refractivity contribution in [3.63, 3.8) is 0 Å². The van der Waals surface area contributed by atoms with Gasteiger partial charge in [-0.3, -0.25) is 14.5 Å². The van der Waals surface area contributed by atoms with Crippen LogP contribution in [0.1, 0.15) is 41.5 Å². The van der Waals surface area contributed by atoms with Gasteiger partial charge in [-0.25, -0.2) is 0 Å². The van der Waals surface area contributed by atoms with Gasteiger partial charge in [-0.2, -0.15) is 5.26 Å². The molecule has 2 amide bonds. The Morgan fingerprint density at radius 3 is 1.86 bits per heavy atom. The van der Waals surface area contributed by atoms with Crippen molar-refractivity contribution in [2.75, 3.05) is 20.1 Å². The Morgan fingerprint density at radius 2 is 1.52 bits per heavy atom. The first-order chi connectivity index (χ1) is 9.39. The van der Waals surface area contributed by atoms with Crippen LogP contribution in [0.15, 0.2) is 0 Å². The Bertz CT molecular complexity index is 420. The molecule has 0 spiro atoms. The minimum absolute atomic E-state index is 0.000875. The summed E-state index contributed by atoms with van der Waals surface area (Å²) in [5.41, 5.74) is -1.19. The van der Waals surface area contributed by atoms with Crippen LogP contribution >= 0.6 is 0 Å². The first-order valence-corrected chi connectivity index (χ1v) is 7.11. The molecule has 0 aliphatic carbocycles. The summed E-state index contributed by atoms with van der Waals surface area (Å²) < 4.78 is 0. The Morgan fingerprint density at radius 1 is 1.10 bits per heavy atom. The van der Waals surface area contributed by atoms with Crippen molar-refractivity contribution in [3.8, 4) is 6.07 Å². The second kappa shape index (κ2) is 7.41. The molecule has 6 nitrogen and oxygen atoms in total. The number of nitrogens with one attached hydrogen (secondary N) is 2. The standard InChI is InChI=1S/C15H28N4O2/c1-11(2)15(6,10-16)18-13(21)9-19(7)8-12(20)17-14(3,4)5/h11H,8-9H2,1-7H3,(H,17,20)(H,18,21)/t15-/m1/s1. The fourth-order valence-corrected chi connectivity index (χ4v) is 1.63. The van der Waals surface area contributed by atoms with E-state index in [4.69, 9.17) is 5.26 Å². The molecule has 0 saturated heterocycles. The summed E-state index contributed by atoms with van der Waals surface area (Å²) in [5.74, 6) is -0.399. The smallest absolute Gasteiger partial charge is 0.235 e. The highest BCUT2D eigenvalue weighted by Crippen LogP contribution is 2.14. The van der Waals surface area contributed by atoms with Crippen LogP contribution in [0.3, 0.4) is 0 Å². The van der Waals surface area contributed by atoms with E-state index >= 15 is 0 Å². The van der Waals surface area contributed by atoms with E-state index in [0.29, 0.717) is 0 Å². The average molecular weight is 296 g/mol. The van der Waals surface area contributed by atoms with Gasteiger partial charge in [0.05, 0.1) is 19.2 Å². The van der Waals surface area contributed by atoms with Gasteiger partial charge < -0.3 is 10.6 Å². The van der Waals surface area contributed by atoms with Crippen molar-refractivity contribution < 1.29 is 9.59 Å². The quantitative estimate of drug-likeness (QED) is 0.762. The number of rotatable bonds is 6. The molecule has 2 N–H and O–H groups in total. The molecule has 0 unspecified atom stereocenters. The van der Waals surface area contributed by atoms with E-state index in [0.717, 1.165) is 0 Å². The molecule has 6 heteroatoms. The number of nitriles is 1. The number of nitrogens with zero attached hydrogens (tertiary/aromatic N) is 2. The zero-order valence-corrected chi connectivity index (χ0v) is 14.2. The predicted octanol–water partition coefficient (Wildman–Crippen LogP) is 0.887. The number of carbonyl (C=O) groups is 2. The highest BCUT2D eigenvalue weighted by atomic mass is 16.2. The van der Waals surface area contributed by atoms with Gasteiger partial charge in [-0.15, -0.1) is 0 Å². The van der Waals surface area contributed by atoms with E-state index in [1.54, 1.807) is 18.9 Å². The maximum absolute atomic E-state index is 12.0. The van der Waals surface area contributed by atoms with Crippen molar-refractivity contribution in [3.05, 3.63) is 0 Å². The van der Waals surface area contributed by atoms with E-state index in [2.05, 4.69) is 16.7 Å². The van der Waals surface area contributed by atoms with Gasteiger partial charge in [0, 0.05) is 5.54 Å². The topological polar surface area (TPSA) is 85.2 Å². The highest BCUT2D eigenvalue weighted by molar-refractivity contribution is 5.82. The van der Waals surface area contributed by atoms with Crippen LogP contribution in [0.2, 0.25) is 0 Å². The molecule has 0 rings (SSSR count). The molecule has 120 valence electrons. The second-order valence-electron chi connectivity index (χ2n) is 6.99. The maximum atomic E-state index is 12.0. The molecular weight excluding hydrogens is 268 g/mol. The van der Waals surface area contributed by atoms with Gasteiger partial charge in [0.15, 0.2) is 0 Å². The molecule has 0 bridgehead atoms. The fourth-order valence-electron chi connectivity index (χ4n) is 1.63. The Kier molecular flexibility index (Phi) is 6.84. The average Bonchev–Trinajstić information content (AvgIpc) is 2.24. The Labute approximate surface area is 127 Å². The third-order valence-corrected chi connectivity index (χ3v) is 3.13. The summed E-state index contributed by atoms with van der Waals surface area (Å²) in [6, 6.07) is 2.12. The van der Waals surface area contributed by atoms with Crippen LogP contribution in [0.5, 0.6) is 0 Å². The molecule has 0 aromatic rings. The highest BCUT2D eigenvalue weighted by Gasteiger charge is 2.30. The van der Waals surface area contributed by atoms with Crippen LogP contribution in [0.25, 0.3) is 0 Å². The molecular formula is C15H28N4O2. The van der Waals surface area contributed by atoms with Crippen molar-refractivity contribution >= 4 is 11.8 Å². The lowest BCUT2D eigenvalue weighted by molar-refractivity contribution is -0.126. The minimum atomic E-state index is -0.897. The SMILES string of the molecule is CC(C)[C@@](C)(C#N)NC(=O)CN(C)CC(=O)NC(C)(C)C. The second-order valence-corrected chi connectivity index (χ2v) is 6.99. The summed E-state index contributed by atoms with van der Waals surface area (Å²) in [6.45, 7) is 11.4. The van der Waals surface area contributed by atoms with Crippen molar-refractivity contribution in [2.45, 2.75) is 52.6 Å². The molecule has 21 heavy (non-hydrogen) atoms. The van der Waals surface area contributed by atoms with Crippen molar-refractivity contribution in [1.82, 2.24) is 15.5 Å². The Balaban J connectivity index is 4.41. The van der Waals surface area contributed by atoms with Crippen LogP contribution in [0, 0.1) is 17.2 Å². The molecule has 0 aliphatic heterocycles. The van der Waals surface area contributed by atoms with E-state index in [1.165, 1.54) is 0 Å². The molecule has 0 aliphatic rings. The summed E-state index contributed by atoms with van der Waals surface area (Å²) in [7, 11) is 1.70. The van der Waals surface area contributed by atoms with Gasteiger partial charge in [0.2, 0.25) is 11.8 Å². The third kappa shape index (κ3) is 7.66. The lowest BCUT2D eigenvalue weighted by Gasteiger charge is -2.28. The number of carbonyl (C=O) groups excluding carboxylic acids is 2. The lowest BCUT2D eigenvalue weighted by atomic mass is 9.90. The van der Waals surface area contributed by atoms with Gasteiger partial charge in [0.25, 0.3) is 0 Å². The molecule has 0 aromatic carbocycles. The predicted molar refractivity (Wildman–Crippen MR) is 82.4 cm³/mol. The maximum Gasteiger partial charge on any atom is 0.235 e. The molecule has 0 heterocycles. The summed E-state index contributed by atoms with van der Waals surface area (Å²) in [6.07, 6.45) is 0. The minimum Gasteiger partial charge on any atom is -0.350 e. The summed E-state index contributed by atoms with van der Waals surface area (Å²) >= 11 is 0. The van der Waals surface area contributed by atoms with Gasteiger partial charge >= 0.3 is 0 Å². The number of hydrogen-bond acceptors (Lipinski definition) is 4. The molecule has 0 aromatic heterocycles. The fraction of sp³-hybridized carbons (Fsp3) is 0.800. The zero-order valence-electron chi connectivity index (χ0n) is 14.2. The van der Waals surface area contributed by atoms with E-state index in [9.17, 15) is 9.59 Å². The van der Waals surface area contributed by atoms with E-state index < -0.39 is 5.54 Å². The first kappa shape index (κ1) is 19.4. The van der Waals surface area contributed by atoms with Crippen LogP contribution in [-0.4, -0.2) is 47.9 Å². The first-order valence-electron chi connectivity index (χ1n) is 7.11. The third-order valence-electron chi connectivity index (χ3n) is 3.13.